The quantitative estimate of drug-likeness (QED) is 0.648. The minimum absolute atomic E-state index is 0. The Labute approximate surface area is 147 Å². The molecule has 0 aromatic heterocycles. The maximum atomic E-state index is 13.6. The number of rotatable bonds is 5. The van der Waals surface area contributed by atoms with Gasteiger partial charge in [0.05, 0.1) is 4.92 Å². The standard InChI is InChI=1S/C16H22FN3O3.ClH/c1-11-9-13(17)10-14(15(11)20(22)23)16(21)19-7-4-12(5-8-19)3-6-18-2;/h9-10,12,18H,3-8H2,1-2H3;1H. The summed E-state index contributed by atoms with van der Waals surface area (Å²) in [6.45, 7) is 3.50. The second-order valence-electron chi connectivity index (χ2n) is 6.00. The van der Waals surface area contributed by atoms with Crippen molar-refractivity contribution in [1.29, 1.82) is 0 Å². The molecule has 0 bridgehead atoms. The van der Waals surface area contributed by atoms with Gasteiger partial charge in [-0.1, -0.05) is 0 Å². The van der Waals surface area contributed by atoms with Crippen LogP contribution in [0.15, 0.2) is 12.1 Å². The first kappa shape index (κ1) is 20.3. The van der Waals surface area contributed by atoms with Crippen molar-refractivity contribution in [1.82, 2.24) is 10.2 Å². The number of nitro groups is 1. The molecule has 1 heterocycles. The molecule has 1 amide bonds. The fourth-order valence-electron chi connectivity index (χ4n) is 3.08. The first-order valence-corrected chi connectivity index (χ1v) is 7.82. The van der Waals surface area contributed by atoms with Crippen LogP contribution in [-0.4, -0.2) is 42.4 Å². The van der Waals surface area contributed by atoms with E-state index in [1.165, 1.54) is 6.92 Å². The number of carbonyl (C=O) groups is 1. The number of amides is 1. The summed E-state index contributed by atoms with van der Waals surface area (Å²) < 4.78 is 13.6. The summed E-state index contributed by atoms with van der Waals surface area (Å²) in [5.74, 6) is -0.526. The van der Waals surface area contributed by atoms with E-state index in [0.717, 1.165) is 37.9 Å². The third-order valence-corrected chi connectivity index (χ3v) is 4.38. The highest BCUT2D eigenvalue weighted by Gasteiger charge is 2.30. The summed E-state index contributed by atoms with van der Waals surface area (Å²) in [4.78, 5) is 24.8. The number of carbonyl (C=O) groups excluding carboxylic acids is 1. The normalized spacial score (nSPS) is 15.0. The predicted octanol–water partition coefficient (Wildman–Crippen LogP) is 2.93. The van der Waals surface area contributed by atoms with Gasteiger partial charge in [-0.3, -0.25) is 14.9 Å². The first-order chi connectivity index (χ1) is 10.9. The second-order valence-corrected chi connectivity index (χ2v) is 6.00. The summed E-state index contributed by atoms with van der Waals surface area (Å²) >= 11 is 0. The molecule has 1 aliphatic rings. The number of nitro benzene ring substituents is 1. The molecule has 0 unspecified atom stereocenters. The first-order valence-electron chi connectivity index (χ1n) is 7.82. The van der Waals surface area contributed by atoms with Gasteiger partial charge in [0.25, 0.3) is 11.6 Å². The molecule has 8 heteroatoms. The molecular formula is C16H23ClFN3O3. The lowest BCUT2D eigenvalue weighted by Crippen LogP contribution is -2.39. The molecule has 24 heavy (non-hydrogen) atoms. The fraction of sp³-hybridized carbons (Fsp3) is 0.562. The predicted molar refractivity (Wildman–Crippen MR) is 92.2 cm³/mol. The van der Waals surface area contributed by atoms with Crippen LogP contribution in [0.5, 0.6) is 0 Å². The van der Waals surface area contributed by atoms with Gasteiger partial charge in [0, 0.05) is 18.7 Å². The largest absolute Gasteiger partial charge is 0.338 e. The van der Waals surface area contributed by atoms with Crippen LogP contribution in [0.1, 0.15) is 35.2 Å². The Hall–Kier alpha value is -1.73. The molecule has 0 aliphatic carbocycles. The summed E-state index contributed by atoms with van der Waals surface area (Å²) in [6.07, 6.45) is 2.79. The molecule has 6 nitrogen and oxygen atoms in total. The van der Waals surface area contributed by atoms with E-state index in [9.17, 15) is 19.3 Å². The lowest BCUT2D eigenvalue weighted by molar-refractivity contribution is -0.385. The van der Waals surface area contributed by atoms with E-state index < -0.39 is 16.6 Å². The van der Waals surface area contributed by atoms with E-state index in [-0.39, 0.29) is 29.2 Å². The van der Waals surface area contributed by atoms with Crippen LogP contribution >= 0.6 is 12.4 Å². The average Bonchev–Trinajstić information content (AvgIpc) is 2.51. The molecule has 1 aliphatic heterocycles. The van der Waals surface area contributed by atoms with E-state index in [0.29, 0.717) is 19.0 Å². The van der Waals surface area contributed by atoms with Gasteiger partial charge >= 0.3 is 0 Å². The number of piperidine rings is 1. The Kier molecular flexibility index (Phi) is 7.57. The van der Waals surface area contributed by atoms with Gasteiger partial charge in [-0.25, -0.2) is 4.39 Å². The molecule has 0 atom stereocenters. The van der Waals surface area contributed by atoms with Crippen molar-refractivity contribution in [3.63, 3.8) is 0 Å². The van der Waals surface area contributed by atoms with Gasteiger partial charge in [-0.2, -0.15) is 0 Å². The van der Waals surface area contributed by atoms with Crippen molar-refractivity contribution >= 4 is 24.0 Å². The maximum absolute atomic E-state index is 13.6. The van der Waals surface area contributed by atoms with Gasteiger partial charge in [0.1, 0.15) is 11.4 Å². The van der Waals surface area contributed by atoms with Crippen molar-refractivity contribution in [3.8, 4) is 0 Å². The molecular weight excluding hydrogens is 337 g/mol. The third kappa shape index (κ3) is 4.64. The minimum atomic E-state index is -0.625. The van der Waals surface area contributed by atoms with Gasteiger partial charge < -0.3 is 10.2 Å². The van der Waals surface area contributed by atoms with E-state index >= 15 is 0 Å². The number of nitrogens with zero attached hydrogens (tertiary/aromatic N) is 2. The number of nitrogens with one attached hydrogen (secondary N) is 1. The summed E-state index contributed by atoms with van der Waals surface area (Å²) in [7, 11) is 1.91. The van der Waals surface area contributed by atoms with Gasteiger partial charge in [-0.15, -0.1) is 12.4 Å². The van der Waals surface area contributed by atoms with Crippen molar-refractivity contribution in [2.75, 3.05) is 26.7 Å². The van der Waals surface area contributed by atoms with E-state index in [1.54, 1.807) is 4.90 Å². The Morgan fingerprint density at radius 1 is 1.42 bits per heavy atom. The smallest absolute Gasteiger partial charge is 0.285 e. The van der Waals surface area contributed by atoms with E-state index in [1.807, 2.05) is 7.05 Å². The average molecular weight is 360 g/mol. The number of aryl methyl sites for hydroxylation is 1. The SMILES string of the molecule is CNCCC1CCN(C(=O)c2cc(F)cc(C)c2[N+](=O)[O-])CC1.Cl. The molecule has 0 spiro atoms. The highest BCUT2D eigenvalue weighted by atomic mass is 35.5. The van der Waals surface area contributed by atoms with E-state index in [2.05, 4.69) is 5.32 Å². The molecule has 1 aromatic carbocycles. The number of hydrogen-bond donors (Lipinski definition) is 1. The molecule has 1 saturated heterocycles. The Morgan fingerprint density at radius 3 is 2.58 bits per heavy atom. The van der Waals surface area contributed by atoms with E-state index in [4.69, 9.17) is 0 Å². The highest BCUT2D eigenvalue weighted by molar-refractivity contribution is 5.98. The molecule has 0 radical (unpaired) electrons. The fourth-order valence-corrected chi connectivity index (χ4v) is 3.08. The number of likely N-dealkylation sites (tertiary alicyclic amines) is 1. The van der Waals surface area contributed by atoms with Crippen LogP contribution in [0.3, 0.4) is 0 Å². The Balaban J connectivity index is 0.00000288. The van der Waals surface area contributed by atoms with Gasteiger partial charge in [0.2, 0.25) is 0 Å². The monoisotopic (exact) mass is 359 g/mol. The third-order valence-electron chi connectivity index (χ3n) is 4.38. The van der Waals surface area contributed by atoms with Crippen LogP contribution in [0, 0.1) is 28.8 Å². The zero-order valence-electron chi connectivity index (χ0n) is 13.9. The number of benzene rings is 1. The number of hydrogen-bond acceptors (Lipinski definition) is 4. The van der Waals surface area contributed by atoms with Crippen LogP contribution in [-0.2, 0) is 0 Å². The lowest BCUT2D eigenvalue weighted by atomic mass is 9.93. The lowest BCUT2D eigenvalue weighted by Gasteiger charge is -2.32. The molecule has 0 saturated carbocycles. The number of halogens is 2. The van der Waals surface area contributed by atoms with Crippen molar-refractivity contribution in [3.05, 3.63) is 39.2 Å². The van der Waals surface area contributed by atoms with Gasteiger partial charge in [-0.05, 0) is 57.8 Å². The molecule has 1 fully saturated rings. The topological polar surface area (TPSA) is 75.5 Å². The molecule has 2 rings (SSSR count). The van der Waals surface area contributed by atoms with Gasteiger partial charge in [0.15, 0.2) is 0 Å². The van der Waals surface area contributed by atoms with Crippen LogP contribution in [0.25, 0.3) is 0 Å². The van der Waals surface area contributed by atoms with Crippen LogP contribution in [0.4, 0.5) is 10.1 Å². The van der Waals surface area contributed by atoms with Crippen molar-refractivity contribution in [2.24, 2.45) is 5.92 Å². The Morgan fingerprint density at radius 2 is 2.04 bits per heavy atom. The second kappa shape index (κ2) is 8.94. The minimum Gasteiger partial charge on any atom is -0.338 e. The summed E-state index contributed by atoms with van der Waals surface area (Å²) in [5, 5.41) is 14.3. The zero-order valence-corrected chi connectivity index (χ0v) is 14.7. The molecule has 134 valence electrons. The molecule has 1 N–H and O–H groups in total. The van der Waals surface area contributed by atoms with Crippen molar-refractivity contribution in [2.45, 2.75) is 26.2 Å². The summed E-state index contributed by atoms with van der Waals surface area (Å²) in [6, 6.07) is 2.06. The van der Waals surface area contributed by atoms with Crippen molar-refractivity contribution < 1.29 is 14.1 Å². The Bertz CT molecular complexity index is 604. The molecule has 1 aromatic rings. The zero-order chi connectivity index (χ0) is 17.0. The van der Waals surface area contributed by atoms with Crippen LogP contribution in [0.2, 0.25) is 0 Å². The van der Waals surface area contributed by atoms with Crippen LogP contribution < -0.4 is 5.32 Å². The maximum Gasteiger partial charge on any atom is 0.285 e. The highest BCUT2D eigenvalue weighted by Crippen LogP contribution is 2.28. The summed E-state index contributed by atoms with van der Waals surface area (Å²) in [5.41, 5.74) is -0.280.